The van der Waals surface area contributed by atoms with Gasteiger partial charge in [0.05, 0.1) is 17.4 Å². The van der Waals surface area contributed by atoms with Crippen molar-refractivity contribution in [3.8, 4) is 0 Å². The van der Waals surface area contributed by atoms with Crippen molar-refractivity contribution < 1.29 is 13.7 Å². The molecule has 1 aliphatic carbocycles. The Balaban J connectivity index is 1.69. The highest BCUT2D eigenvalue weighted by atomic mass is 19.1. The van der Waals surface area contributed by atoms with E-state index in [1.165, 1.54) is 18.9 Å². The van der Waals surface area contributed by atoms with E-state index < -0.39 is 24.0 Å². The van der Waals surface area contributed by atoms with E-state index in [-0.39, 0.29) is 0 Å². The van der Waals surface area contributed by atoms with Crippen LogP contribution in [0, 0.1) is 5.92 Å². The maximum atomic E-state index is 14.3. The Morgan fingerprint density at radius 3 is 2.57 bits per heavy atom. The molecule has 1 aliphatic heterocycles. The van der Waals surface area contributed by atoms with Gasteiger partial charge in [0.2, 0.25) is 0 Å². The fourth-order valence-corrected chi connectivity index (χ4v) is 2.30. The van der Waals surface area contributed by atoms with Crippen molar-refractivity contribution in [2.45, 2.75) is 58.3 Å². The Morgan fingerprint density at radius 2 is 2.00 bits per heavy atom. The molecule has 0 N–H and O–H groups in total. The topological polar surface area (TPSA) is 36.3 Å². The van der Waals surface area contributed by atoms with Gasteiger partial charge in [-0.1, -0.05) is 0 Å². The molecule has 2 fully saturated rings. The minimum atomic E-state index is -0.943. The number of hydrogen-bond acceptors (Lipinski definition) is 3. The maximum Gasteiger partial charge on any atom is 0.525 e. The van der Waals surface area contributed by atoms with Crippen molar-refractivity contribution in [2.24, 2.45) is 5.92 Å². The number of aromatic nitrogens is 2. The molecule has 0 atom stereocenters. The molecule has 1 aromatic rings. The summed E-state index contributed by atoms with van der Waals surface area (Å²) in [5, 5.41) is 4.26. The van der Waals surface area contributed by atoms with Crippen LogP contribution >= 0.6 is 0 Å². The molecule has 21 heavy (non-hydrogen) atoms. The number of hydrogen-bond donors (Lipinski definition) is 0. The van der Waals surface area contributed by atoms with Crippen molar-refractivity contribution in [1.82, 2.24) is 9.78 Å². The van der Waals surface area contributed by atoms with Crippen molar-refractivity contribution in [3.05, 3.63) is 23.7 Å². The monoisotopic (exact) mass is 292 g/mol. The van der Waals surface area contributed by atoms with Crippen LogP contribution < -0.4 is 0 Å². The quantitative estimate of drug-likeness (QED) is 0.799. The first-order chi connectivity index (χ1) is 9.77. The first kappa shape index (κ1) is 14.8. The van der Waals surface area contributed by atoms with Crippen LogP contribution in [0.3, 0.4) is 0 Å². The summed E-state index contributed by atoms with van der Waals surface area (Å²) < 4.78 is 27.6. The van der Waals surface area contributed by atoms with Crippen LogP contribution in [0.15, 0.2) is 18.1 Å². The van der Waals surface area contributed by atoms with Crippen molar-refractivity contribution in [2.75, 3.05) is 0 Å². The smallest absolute Gasteiger partial charge is 0.398 e. The summed E-state index contributed by atoms with van der Waals surface area (Å²) in [6.07, 6.45) is 7.52. The summed E-state index contributed by atoms with van der Waals surface area (Å²) in [5.74, 6) is 0.745. The average molecular weight is 292 g/mol. The Morgan fingerprint density at radius 1 is 1.38 bits per heavy atom. The maximum absolute atomic E-state index is 14.3. The zero-order chi connectivity index (χ0) is 15.3. The van der Waals surface area contributed by atoms with Gasteiger partial charge in [-0.05, 0) is 52.5 Å². The summed E-state index contributed by atoms with van der Waals surface area (Å²) in [7, 11) is -0.943. The molecule has 6 heteroatoms. The molecule has 0 aromatic carbocycles. The van der Waals surface area contributed by atoms with Gasteiger partial charge in [0.15, 0.2) is 0 Å². The zero-order valence-corrected chi connectivity index (χ0v) is 13.1. The van der Waals surface area contributed by atoms with Gasteiger partial charge in [-0.2, -0.15) is 5.10 Å². The minimum absolute atomic E-state index is 0.417. The van der Waals surface area contributed by atoms with Gasteiger partial charge in [0, 0.05) is 18.3 Å². The molecule has 1 aromatic heterocycles. The van der Waals surface area contributed by atoms with Crippen LogP contribution in [0.2, 0.25) is 0 Å². The Bertz CT molecular complexity index is 548. The number of rotatable bonds is 4. The van der Waals surface area contributed by atoms with Crippen molar-refractivity contribution in [3.63, 3.8) is 0 Å². The molecule has 3 rings (SSSR count). The largest absolute Gasteiger partial charge is 0.525 e. The lowest BCUT2D eigenvalue weighted by atomic mass is 9.87. The molecular weight excluding hydrogens is 270 g/mol. The third-order valence-corrected chi connectivity index (χ3v) is 4.58. The molecule has 4 nitrogen and oxygen atoms in total. The van der Waals surface area contributed by atoms with Gasteiger partial charge in [0.25, 0.3) is 0 Å². The second-order valence-corrected chi connectivity index (χ2v) is 7.06. The molecule has 0 unspecified atom stereocenters. The highest BCUT2D eigenvalue weighted by molar-refractivity contribution is 6.54. The van der Waals surface area contributed by atoms with E-state index >= 15 is 0 Å². The van der Waals surface area contributed by atoms with Crippen LogP contribution in [-0.4, -0.2) is 28.1 Å². The normalized spacial score (nSPS) is 24.6. The predicted octanol–water partition coefficient (Wildman–Crippen LogP) is 3.23. The lowest BCUT2D eigenvalue weighted by Gasteiger charge is -2.32. The van der Waals surface area contributed by atoms with Crippen molar-refractivity contribution in [1.29, 1.82) is 0 Å². The van der Waals surface area contributed by atoms with E-state index in [4.69, 9.17) is 9.31 Å². The molecule has 0 spiro atoms. The van der Waals surface area contributed by atoms with Gasteiger partial charge < -0.3 is 9.31 Å². The number of halogens is 1. The lowest BCUT2D eigenvalue weighted by Crippen LogP contribution is -2.41. The van der Waals surface area contributed by atoms with E-state index in [1.54, 1.807) is 6.20 Å². The van der Waals surface area contributed by atoms with E-state index in [0.717, 1.165) is 18.0 Å². The first-order valence-corrected chi connectivity index (χ1v) is 7.52. The fourth-order valence-electron chi connectivity index (χ4n) is 2.30. The van der Waals surface area contributed by atoms with Crippen LogP contribution in [0.5, 0.6) is 0 Å². The van der Waals surface area contributed by atoms with Crippen molar-refractivity contribution >= 4 is 13.2 Å². The minimum Gasteiger partial charge on any atom is -0.398 e. The third-order valence-electron chi connectivity index (χ3n) is 4.58. The second kappa shape index (κ2) is 4.95. The molecule has 1 saturated heterocycles. The molecule has 0 radical (unpaired) electrons. The molecule has 2 heterocycles. The average Bonchev–Trinajstić information content (AvgIpc) is 3.01. The summed E-state index contributed by atoms with van der Waals surface area (Å²) >= 11 is 0. The molecule has 1 saturated carbocycles. The number of nitrogens with zero attached hydrogens (tertiary/aromatic N) is 2. The Hall–Kier alpha value is -1.14. The molecule has 0 bridgehead atoms. The van der Waals surface area contributed by atoms with Gasteiger partial charge in [-0.15, -0.1) is 0 Å². The van der Waals surface area contributed by atoms with Crippen LogP contribution in [0.4, 0.5) is 4.39 Å². The first-order valence-electron chi connectivity index (χ1n) is 7.52. The zero-order valence-electron chi connectivity index (χ0n) is 13.1. The van der Waals surface area contributed by atoms with Crippen LogP contribution in [0.25, 0.3) is 6.08 Å². The van der Waals surface area contributed by atoms with E-state index in [0.29, 0.717) is 0 Å². The summed E-state index contributed by atoms with van der Waals surface area (Å²) in [5.41, 5.74) is -0.736. The van der Waals surface area contributed by atoms with Gasteiger partial charge in [0.1, 0.15) is 5.73 Å². The van der Waals surface area contributed by atoms with Gasteiger partial charge in [-0.25, -0.2) is 4.39 Å². The Kier molecular flexibility index (Phi) is 3.49. The lowest BCUT2D eigenvalue weighted by molar-refractivity contribution is 0.00578. The highest BCUT2D eigenvalue weighted by Crippen LogP contribution is 2.39. The van der Waals surface area contributed by atoms with Gasteiger partial charge in [-0.3, -0.25) is 4.68 Å². The second-order valence-electron chi connectivity index (χ2n) is 7.06. The Labute approximate surface area is 125 Å². The van der Waals surface area contributed by atoms with Crippen LogP contribution in [0.1, 0.15) is 46.1 Å². The molecule has 0 amide bonds. The summed E-state index contributed by atoms with van der Waals surface area (Å²) in [4.78, 5) is 0. The van der Waals surface area contributed by atoms with E-state index in [9.17, 15) is 4.39 Å². The third kappa shape index (κ3) is 3.06. The predicted molar refractivity (Wildman–Crippen MR) is 80.1 cm³/mol. The SMILES string of the molecule is CC1(C)OB(C(F)=Cc2cnn(CC3CC3)c2)OC1(C)C. The fraction of sp³-hybridized carbons (Fsp3) is 0.667. The molecular formula is C15H22BFN2O2. The summed E-state index contributed by atoms with van der Waals surface area (Å²) in [6.45, 7) is 8.57. The van der Waals surface area contributed by atoms with E-state index in [1.807, 2.05) is 38.6 Å². The van der Waals surface area contributed by atoms with E-state index in [2.05, 4.69) is 5.10 Å². The highest BCUT2D eigenvalue weighted by Gasteiger charge is 2.53. The van der Waals surface area contributed by atoms with Crippen LogP contribution in [-0.2, 0) is 15.9 Å². The standard InChI is InChI=1S/C15H22BFN2O2/c1-14(2)15(3,4)21-16(20-14)13(17)7-12-8-18-19(10-12)9-11-5-6-11/h7-8,10-11H,5-6,9H2,1-4H3. The molecule has 114 valence electrons. The molecule has 2 aliphatic rings. The van der Waals surface area contributed by atoms with Gasteiger partial charge >= 0.3 is 7.12 Å². The summed E-state index contributed by atoms with van der Waals surface area (Å²) in [6, 6.07) is 0.